The highest BCUT2D eigenvalue weighted by Gasteiger charge is 2.45. The fourth-order valence-corrected chi connectivity index (χ4v) is 2.93. The van der Waals surface area contributed by atoms with E-state index in [0.717, 1.165) is 0 Å². The maximum absolute atomic E-state index is 13.6. The van der Waals surface area contributed by atoms with Crippen molar-refractivity contribution in [2.75, 3.05) is 0 Å². The van der Waals surface area contributed by atoms with E-state index in [1.54, 1.807) is 13.8 Å². The first-order valence-corrected chi connectivity index (χ1v) is 8.58. The van der Waals surface area contributed by atoms with Crippen LogP contribution in [0.5, 0.6) is 0 Å². The van der Waals surface area contributed by atoms with Crippen LogP contribution in [0.4, 0.5) is 13.2 Å². The number of benzene rings is 1. The zero-order chi connectivity index (χ0) is 19.6. The molecule has 0 spiro atoms. The number of aromatic nitrogens is 1. The van der Waals surface area contributed by atoms with E-state index in [4.69, 9.17) is 16.3 Å². The number of ether oxygens (including phenoxy) is 1. The van der Waals surface area contributed by atoms with Crippen molar-refractivity contribution in [1.82, 2.24) is 4.57 Å². The first-order chi connectivity index (χ1) is 12.0. The molecule has 0 N–H and O–H groups in total. The van der Waals surface area contributed by atoms with Crippen LogP contribution < -0.4 is 0 Å². The second-order valence-corrected chi connectivity index (χ2v) is 7.10. The molecule has 0 saturated heterocycles. The number of halogens is 4. The molecule has 1 aromatic heterocycles. The summed E-state index contributed by atoms with van der Waals surface area (Å²) in [5.41, 5.74) is 1.11. The molecule has 1 heterocycles. The fraction of sp³-hybridized carbons (Fsp3) is 0.421. The van der Waals surface area contributed by atoms with Crippen LogP contribution in [0.25, 0.3) is 0 Å². The number of nitrogens with zero attached hydrogens (tertiary/aromatic N) is 1. The van der Waals surface area contributed by atoms with Crippen molar-refractivity contribution in [2.24, 2.45) is 5.92 Å². The monoisotopic (exact) mass is 387 g/mol. The van der Waals surface area contributed by atoms with Gasteiger partial charge in [0, 0.05) is 28.5 Å². The lowest BCUT2D eigenvalue weighted by molar-refractivity contribution is -0.207. The highest BCUT2D eigenvalue weighted by atomic mass is 35.5. The van der Waals surface area contributed by atoms with E-state index in [1.165, 1.54) is 30.3 Å². The summed E-state index contributed by atoms with van der Waals surface area (Å²) < 4.78 is 47.5. The molecule has 0 unspecified atom stereocenters. The van der Waals surface area contributed by atoms with Gasteiger partial charge in [-0.05, 0) is 50.1 Å². The molecule has 1 atom stereocenters. The Bertz CT molecular complexity index is 779. The second kappa shape index (κ2) is 7.74. The van der Waals surface area contributed by atoms with Crippen molar-refractivity contribution in [2.45, 2.75) is 46.5 Å². The Hall–Kier alpha value is -1.95. The van der Waals surface area contributed by atoms with Crippen molar-refractivity contribution in [3.8, 4) is 0 Å². The molecular weight excluding hydrogens is 367 g/mol. The van der Waals surface area contributed by atoms with Gasteiger partial charge in [-0.3, -0.25) is 0 Å². The number of carbonyl (C=O) groups excluding carboxylic acids is 1. The Morgan fingerprint density at radius 2 is 1.77 bits per heavy atom. The number of esters is 1. The fourth-order valence-electron chi connectivity index (χ4n) is 2.81. The minimum Gasteiger partial charge on any atom is -0.444 e. The molecule has 0 amide bonds. The highest BCUT2D eigenvalue weighted by molar-refractivity contribution is 6.30. The Balaban J connectivity index is 2.37. The van der Waals surface area contributed by atoms with Crippen LogP contribution in [0, 0.1) is 19.8 Å². The first kappa shape index (κ1) is 20.4. The van der Waals surface area contributed by atoms with Gasteiger partial charge in [0.2, 0.25) is 6.10 Å². The summed E-state index contributed by atoms with van der Waals surface area (Å²) in [5.74, 6) is -0.772. The van der Waals surface area contributed by atoms with E-state index in [9.17, 15) is 18.0 Å². The van der Waals surface area contributed by atoms with E-state index in [2.05, 4.69) is 0 Å². The summed E-state index contributed by atoms with van der Waals surface area (Å²) in [4.78, 5) is 12.2. The van der Waals surface area contributed by atoms with Gasteiger partial charge in [0.05, 0.1) is 5.56 Å². The molecule has 0 aliphatic carbocycles. The molecule has 26 heavy (non-hydrogen) atoms. The third kappa shape index (κ3) is 4.61. The SMILES string of the molecule is Cc1cc([C@@H](OC(=O)c2ccc(Cl)cc2)C(F)(F)F)c(C)n1CC(C)C. The van der Waals surface area contributed by atoms with Crippen molar-refractivity contribution in [3.05, 3.63) is 57.9 Å². The second-order valence-electron chi connectivity index (χ2n) is 6.66. The van der Waals surface area contributed by atoms with Gasteiger partial charge in [0.15, 0.2) is 0 Å². The van der Waals surface area contributed by atoms with Gasteiger partial charge in [-0.25, -0.2) is 4.79 Å². The standard InChI is InChI=1S/C19H21ClF3NO2/c1-11(2)10-24-12(3)9-16(13(24)4)17(19(21,22)23)26-18(25)14-5-7-15(20)8-6-14/h5-9,11,17H,10H2,1-4H3/t17-/m1/s1. The van der Waals surface area contributed by atoms with E-state index < -0.39 is 18.2 Å². The molecule has 142 valence electrons. The molecule has 7 heteroatoms. The zero-order valence-electron chi connectivity index (χ0n) is 15.0. The van der Waals surface area contributed by atoms with Crippen molar-refractivity contribution >= 4 is 17.6 Å². The van der Waals surface area contributed by atoms with E-state index in [0.29, 0.717) is 23.0 Å². The highest BCUT2D eigenvalue weighted by Crippen LogP contribution is 2.39. The Morgan fingerprint density at radius 3 is 2.27 bits per heavy atom. The molecule has 1 aromatic carbocycles. The van der Waals surface area contributed by atoms with E-state index >= 15 is 0 Å². The number of hydrogen-bond acceptors (Lipinski definition) is 2. The van der Waals surface area contributed by atoms with E-state index in [-0.39, 0.29) is 17.0 Å². The minimum absolute atomic E-state index is 0.0136. The average molecular weight is 388 g/mol. The molecular formula is C19H21ClF3NO2. The Kier molecular flexibility index (Phi) is 6.06. The van der Waals surface area contributed by atoms with Gasteiger partial charge in [-0.1, -0.05) is 25.4 Å². The van der Waals surface area contributed by atoms with Crippen LogP contribution in [-0.4, -0.2) is 16.7 Å². The van der Waals surface area contributed by atoms with Gasteiger partial charge in [-0.15, -0.1) is 0 Å². The molecule has 0 radical (unpaired) electrons. The minimum atomic E-state index is -4.72. The lowest BCUT2D eigenvalue weighted by Gasteiger charge is -2.21. The summed E-state index contributed by atoms with van der Waals surface area (Å²) >= 11 is 5.74. The summed E-state index contributed by atoms with van der Waals surface area (Å²) in [6.07, 6.45) is -7.04. The van der Waals surface area contributed by atoms with Crippen LogP contribution in [0.2, 0.25) is 5.02 Å². The average Bonchev–Trinajstić information content (AvgIpc) is 2.79. The smallest absolute Gasteiger partial charge is 0.429 e. The van der Waals surface area contributed by atoms with Crippen molar-refractivity contribution in [1.29, 1.82) is 0 Å². The van der Waals surface area contributed by atoms with Crippen LogP contribution in [0.3, 0.4) is 0 Å². The maximum Gasteiger partial charge on any atom is 0.429 e. The summed E-state index contributed by atoms with van der Waals surface area (Å²) in [6, 6.07) is 6.95. The first-order valence-electron chi connectivity index (χ1n) is 8.20. The molecule has 3 nitrogen and oxygen atoms in total. The lowest BCUT2D eigenvalue weighted by Crippen LogP contribution is -2.27. The number of hydrogen-bond donors (Lipinski definition) is 0. The Labute approximate surface area is 155 Å². The van der Waals surface area contributed by atoms with Gasteiger partial charge in [0.1, 0.15) is 0 Å². The number of carbonyl (C=O) groups is 1. The van der Waals surface area contributed by atoms with Crippen LogP contribution in [0.15, 0.2) is 30.3 Å². The van der Waals surface area contributed by atoms with Crippen LogP contribution in [0.1, 0.15) is 47.3 Å². The number of alkyl halides is 3. The summed E-state index contributed by atoms with van der Waals surface area (Å²) in [7, 11) is 0. The quantitative estimate of drug-likeness (QED) is 0.600. The van der Waals surface area contributed by atoms with Gasteiger partial charge < -0.3 is 9.30 Å². The van der Waals surface area contributed by atoms with Gasteiger partial charge in [-0.2, -0.15) is 13.2 Å². The van der Waals surface area contributed by atoms with Crippen molar-refractivity contribution < 1.29 is 22.7 Å². The molecule has 0 aliphatic heterocycles. The number of rotatable bonds is 5. The lowest BCUT2D eigenvalue weighted by atomic mass is 10.1. The normalized spacial score (nSPS) is 13.1. The summed E-state index contributed by atoms with van der Waals surface area (Å²) in [5, 5.41) is 0.381. The van der Waals surface area contributed by atoms with E-state index in [1.807, 2.05) is 18.4 Å². The van der Waals surface area contributed by atoms with Crippen LogP contribution >= 0.6 is 11.6 Å². The summed E-state index contributed by atoms with van der Waals surface area (Å²) in [6.45, 7) is 7.92. The largest absolute Gasteiger partial charge is 0.444 e. The molecule has 0 fully saturated rings. The maximum atomic E-state index is 13.6. The molecule has 2 rings (SSSR count). The van der Waals surface area contributed by atoms with Gasteiger partial charge >= 0.3 is 12.1 Å². The third-order valence-electron chi connectivity index (χ3n) is 4.05. The molecule has 0 aliphatic rings. The predicted molar refractivity (Wildman–Crippen MR) is 94.4 cm³/mol. The predicted octanol–water partition coefficient (Wildman–Crippen LogP) is 5.87. The van der Waals surface area contributed by atoms with Gasteiger partial charge in [0.25, 0.3) is 0 Å². The number of aryl methyl sites for hydroxylation is 1. The third-order valence-corrected chi connectivity index (χ3v) is 4.30. The Morgan fingerprint density at radius 1 is 1.19 bits per heavy atom. The van der Waals surface area contributed by atoms with Crippen molar-refractivity contribution in [3.63, 3.8) is 0 Å². The molecule has 2 aromatic rings. The van der Waals surface area contributed by atoms with Crippen LogP contribution in [-0.2, 0) is 11.3 Å². The zero-order valence-corrected chi connectivity index (χ0v) is 15.8. The molecule has 0 saturated carbocycles. The molecule has 0 bridgehead atoms. The topological polar surface area (TPSA) is 31.2 Å².